The first-order valence-corrected chi connectivity index (χ1v) is 9.35. The number of hydrogen-bond acceptors (Lipinski definition) is 1. The second-order valence-corrected chi connectivity index (χ2v) is 7.86. The van der Waals surface area contributed by atoms with E-state index >= 15 is 0 Å². The number of carbonyl (C=O) groups is 1. The molecule has 21 heavy (non-hydrogen) atoms. The van der Waals surface area contributed by atoms with Crippen LogP contribution in [0, 0.1) is 17.8 Å². The highest BCUT2D eigenvalue weighted by molar-refractivity contribution is 5.78. The van der Waals surface area contributed by atoms with Crippen LogP contribution in [0.3, 0.4) is 0 Å². The SMILES string of the molecule is CCCC1CC(=O)N(C(C)C)C2CCCCCC(C)CC12. The molecule has 1 amide bonds. The monoisotopic (exact) mass is 293 g/mol. The Morgan fingerprint density at radius 2 is 1.90 bits per heavy atom. The lowest BCUT2D eigenvalue weighted by Gasteiger charge is -2.48. The van der Waals surface area contributed by atoms with E-state index in [9.17, 15) is 4.79 Å². The standard InChI is InChI=1S/C19H35NO/c1-5-9-16-13-19(21)20(14(2)3)18-11-8-6-7-10-15(4)12-17(16)18/h14-18H,5-13H2,1-4H3. The molecule has 0 spiro atoms. The van der Waals surface area contributed by atoms with E-state index in [1.807, 2.05) is 0 Å². The largest absolute Gasteiger partial charge is 0.337 e. The number of piperidine rings is 1. The number of fused-ring (bicyclic) bond motifs is 1. The first-order chi connectivity index (χ1) is 10.0. The third-order valence-corrected chi connectivity index (χ3v) is 5.77. The van der Waals surface area contributed by atoms with Gasteiger partial charge in [0.15, 0.2) is 0 Å². The van der Waals surface area contributed by atoms with Gasteiger partial charge in [-0.2, -0.15) is 0 Å². The molecule has 1 heterocycles. The Hall–Kier alpha value is -0.530. The lowest BCUT2D eigenvalue weighted by Crippen LogP contribution is -2.55. The topological polar surface area (TPSA) is 20.3 Å². The van der Waals surface area contributed by atoms with Gasteiger partial charge in [-0.15, -0.1) is 0 Å². The Labute approximate surface area is 131 Å². The van der Waals surface area contributed by atoms with E-state index in [-0.39, 0.29) is 0 Å². The van der Waals surface area contributed by atoms with Crippen molar-refractivity contribution in [1.29, 1.82) is 0 Å². The predicted octanol–water partition coefficient (Wildman–Crippen LogP) is 5.02. The van der Waals surface area contributed by atoms with Crippen LogP contribution in [-0.4, -0.2) is 22.9 Å². The molecule has 1 aliphatic carbocycles. The fourth-order valence-electron chi connectivity index (χ4n) is 4.85. The molecule has 0 aromatic rings. The van der Waals surface area contributed by atoms with Crippen molar-refractivity contribution < 1.29 is 4.79 Å². The molecule has 4 atom stereocenters. The minimum atomic E-state index is 0.364. The minimum absolute atomic E-state index is 0.364. The van der Waals surface area contributed by atoms with Crippen LogP contribution in [0.2, 0.25) is 0 Å². The second-order valence-electron chi connectivity index (χ2n) is 7.86. The normalized spacial score (nSPS) is 35.1. The summed E-state index contributed by atoms with van der Waals surface area (Å²) in [5, 5.41) is 0. The van der Waals surface area contributed by atoms with Crippen LogP contribution in [0.15, 0.2) is 0 Å². The third-order valence-electron chi connectivity index (χ3n) is 5.77. The summed E-state index contributed by atoms with van der Waals surface area (Å²) in [7, 11) is 0. The molecule has 0 bridgehead atoms. The Morgan fingerprint density at radius 3 is 2.57 bits per heavy atom. The summed E-state index contributed by atoms with van der Waals surface area (Å²) in [6.07, 6.45) is 11.3. The highest BCUT2D eigenvalue weighted by atomic mass is 16.2. The van der Waals surface area contributed by atoms with Gasteiger partial charge in [0.1, 0.15) is 0 Å². The van der Waals surface area contributed by atoms with E-state index in [1.54, 1.807) is 0 Å². The molecular weight excluding hydrogens is 258 g/mol. The molecular formula is C19H35NO. The van der Waals surface area contributed by atoms with Gasteiger partial charge in [-0.3, -0.25) is 4.79 Å². The molecule has 1 aliphatic heterocycles. The van der Waals surface area contributed by atoms with E-state index in [0.717, 1.165) is 18.3 Å². The molecule has 2 nitrogen and oxygen atoms in total. The predicted molar refractivity (Wildman–Crippen MR) is 89.1 cm³/mol. The number of rotatable bonds is 3. The summed E-state index contributed by atoms with van der Waals surface area (Å²) in [5.41, 5.74) is 0. The number of amides is 1. The van der Waals surface area contributed by atoms with Crippen LogP contribution in [0.5, 0.6) is 0 Å². The molecule has 0 aromatic carbocycles. The Kier molecular flexibility index (Phi) is 6.13. The van der Waals surface area contributed by atoms with Gasteiger partial charge in [-0.1, -0.05) is 46.0 Å². The van der Waals surface area contributed by atoms with Gasteiger partial charge < -0.3 is 4.90 Å². The van der Waals surface area contributed by atoms with E-state index in [1.165, 1.54) is 51.4 Å². The van der Waals surface area contributed by atoms with E-state index < -0.39 is 0 Å². The molecule has 1 saturated heterocycles. The summed E-state index contributed by atoms with van der Waals surface area (Å²) in [6.45, 7) is 9.10. The maximum atomic E-state index is 12.7. The van der Waals surface area contributed by atoms with E-state index in [2.05, 4.69) is 32.6 Å². The van der Waals surface area contributed by atoms with E-state index in [0.29, 0.717) is 23.9 Å². The molecule has 4 unspecified atom stereocenters. The van der Waals surface area contributed by atoms with Crippen molar-refractivity contribution in [2.75, 3.05) is 0 Å². The number of nitrogens with zero attached hydrogens (tertiary/aromatic N) is 1. The van der Waals surface area contributed by atoms with Crippen molar-refractivity contribution in [3.63, 3.8) is 0 Å². The zero-order valence-corrected chi connectivity index (χ0v) is 14.6. The quantitative estimate of drug-likeness (QED) is 0.715. The van der Waals surface area contributed by atoms with E-state index in [4.69, 9.17) is 0 Å². The molecule has 2 rings (SSSR count). The molecule has 0 aromatic heterocycles. The van der Waals surface area contributed by atoms with Gasteiger partial charge in [0, 0.05) is 18.5 Å². The summed E-state index contributed by atoms with van der Waals surface area (Å²) >= 11 is 0. The van der Waals surface area contributed by atoms with Crippen molar-refractivity contribution in [2.45, 2.75) is 97.6 Å². The van der Waals surface area contributed by atoms with Gasteiger partial charge in [0.25, 0.3) is 0 Å². The molecule has 0 radical (unpaired) electrons. The summed E-state index contributed by atoms with van der Waals surface area (Å²) in [5.74, 6) is 2.65. The number of hydrogen-bond donors (Lipinski definition) is 0. The van der Waals surface area contributed by atoms with Crippen LogP contribution in [0.4, 0.5) is 0 Å². The van der Waals surface area contributed by atoms with Gasteiger partial charge >= 0.3 is 0 Å². The van der Waals surface area contributed by atoms with Crippen molar-refractivity contribution in [1.82, 2.24) is 4.90 Å². The highest BCUT2D eigenvalue weighted by Crippen LogP contribution is 2.41. The third kappa shape index (κ3) is 4.02. The van der Waals surface area contributed by atoms with Crippen molar-refractivity contribution in [3.05, 3.63) is 0 Å². The Morgan fingerprint density at radius 1 is 1.19 bits per heavy atom. The Bertz CT molecular complexity index is 338. The molecule has 2 aliphatic rings. The maximum Gasteiger partial charge on any atom is 0.223 e. The lowest BCUT2D eigenvalue weighted by atomic mass is 9.71. The van der Waals surface area contributed by atoms with Gasteiger partial charge in [0.2, 0.25) is 5.91 Å². The smallest absolute Gasteiger partial charge is 0.223 e. The highest BCUT2D eigenvalue weighted by Gasteiger charge is 2.42. The van der Waals surface area contributed by atoms with Crippen LogP contribution >= 0.6 is 0 Å². The average molecular weight is 293 g/mol. The van der Waals surface area contributed by atoms with Gasteiger partial charge in [-0.25, -0.2) is 0 Å². The number of carbonyl (C=O) groups excluding carboxylic acids is 1. The average Bonchev–Trinajstić information content (AvgIpc) is 2.49. The molecule has 0 N–H and O–H groups in total. The molecule has 2 fully saturated rings. The summed E-state index contributed by atoms with van der Waals surface area (Å²) in [6, 6.07) is 0.881. The zero-order valence-electron chi connectivity index (χ0n) is 14.6. The molecule has 2 heteroatoms. The van der Waals surface area contributed by atoms with Crippen LogP contribution in [-0.2, 0) is 4.79 Å². The van der Waals surface area contributed by atoms with Crippen LogP contribution in [0.1, 0.15) is 85.5 Å². The van der Waals surface area contributed by atoms with Gasteiger partial charge in [0.05, 0.1) is 0 Å². The second kappa shape index (κ2) is 7.65. The van der Waals surface area contributed by atoms with Crippen LogP contribution < -0.4 is 0 Å². The van der Waals surface area contributed by atoms with Gasteiger partial charge in [-0.05, 0) is 50.9 Å². The Balaban J connectivity index is 2.25. The zero-order chi connectivity index (χ0) is 15.4. The summed E-state index contributed by atoms with van der Waals surface area (Å²) in [4.78, 5) is 14.9. The summed E-state index contributed by atoms with van der Waals surface area (Å²) < 4.78 is 0. The van der Waals surface area contributed by atoms with Crippen molar-refractivity contribution in [2.24, 2.45) is 17.8 Å². The minimum Gasteiger partial charge on any atom is -0.337 e. The first kappa shape index (κ1) is 16.8. The fourth-order valence-corrected chi connectivity index (χ4v) is 4.85. The molecule has 1 saturated carbocycles. The van der Waals surface area contributed by atoms with Crippen molar-refractivity contribution in [3.8, 4) is 0 Å². The number of likely N-dealkylation sites (tertiary alicyclic amines) is 1. The molecule has 122 valence electrons. The van der Waals surface area contributed by atoms with Crippen LogP contribution in [0.25, 0.3) is 0 Å². The van der Waals surface area contributed by atoms with Crippen molar-refractivity contribution >= 4 is 5.91 Å². The maximum absolute atomic E-state index is 12.7. The first-order valence-electron chi connectivity index (χ1n) is 9.35. The fraction of sp³-hybridized carbons (Fsp3) is 0.947. The lowest BCUT2D eigenvalue weighted by molar-refractivity contribution is -0.145.